The lowest BCUT2D eigenvalue weighted by Gasteiger charge is -2.37. The van der Waals surface area contributed by atoms with Crippen molar-refractivity contribution in [3.05, 3.63) is 12.4 Å². The predicted molar refractivity (Wildman–Crippen MR) is 74.1 cm³/mol. The average Bonchev–Trinajstić information content (AvgIpc) is 2.60. The summed E-state index contributed by atoms with van der Waals surface area (Å²) >= 11 is 0. The minimum atomic E-state index is -0.913. The van der Waals surface area contributed by atoms with E-state index in [4.69, 9.17) is 4.65 Å². The average molecular weight is 251 g/mol. The summed E-state index contributed by atoms with van der Waals surface area (Å²) in [6.07, 6.45) is 3.69. The van der Waals surface area contributed by atoms with Crippen molar-refractivity contribution in [3.63, 3.8) is 0 Å². The minimum absolute atomic E-state index is 0.0438. The van der Waals surface area contributed by atoms with Gasteiger partial charge >= 0.3 is 7.48 Å². The van der Waals surface area contributed by atoms with E-state index in [2.05, 4.69) is 25.9 Å². The van der Waals surface area contributed by atoms with E-state index in [1.807, 2.05) is 24.7 Å². The fourth-order valence-electron chi connectivity index (χ4n) is 1.12. The summed E-state index contributed by atoms with van der Waals surface area (Å²) in [6, 6.07) is 0. The zero-order valence-electron chi connectivity index (χ0n) is 12.5. The van der Waals surface area contributed by atoms with Crippen LogP contribution in [-0.4, -0.2) is 33.6 Å². The SMILES string of the molecule is CC(C)(C)n1cc([B]OC(C)(C)C(C)(C)O)cn1. The fraction of sp³-hybridized carbons (Fsp3) is 0.769. The van der Waals surface area contributed by atoms with E-state index in [0.717, 1.165) is 5.46 Å². The fourth-order valence-corrected chi connectivity index (χ4v) is 1.12. The molecule has 0 aromatic carbocycles. The molecule has 1 rings (SSSR count). The summed E-state index contributed by atoms with van der Waals surface area (Å²) in [6.45, 7) is 13.5. The van der Waals surface area contributed by atoms with Gasteiger partial charge in [0.2, 0.25) is 0 Å². The van der Waals surface area contributed by atoms with Crippen LogP contribution >= 0.6 is 0 Å². The molecule has 0 saturated heterocycles. The number of hydrogen-bond donors (Lipinski definition) is 1. The Kier molecular flexibility index (Phi) is 3.99. The molecule has 0 atom stereocenters. The second kappa shape index (κ2) is 4.70. The number of hydrogen-bond acceptors (Lipinski definition) is 3. The second-order valence-electron chi connectivity index (χ2n) is 6.69. The number of rotatable bonds is 4. The summed E-state index contributed by atoms with van der Waals surface area (Å²) in [5.41, 5.74) is -0.722. The highest BCUT2D eigenvalue weighted by Crippen LogP contribution is 2.24. The van der Waals surface area contributed by atoms with E-state index in [1.165, 1.54) is 0 Å². The first kappa shape index (κ1) is 15.3. The summed E-state index contributed by atoms with van der Waals surface area (Å²) in [5.74, 6) is 0. The highest BCUT2D eigenvalue weighted by Gasteiger charge is 2.35. The van der Waals surface area contributed by atoms with Crippen LogP contribution < -0.4 is 5.46 Å². The maximum atomic E-state index is 9.99. The van der Waals surface area contributed by atoms with Gasteiger partial charge in [-0.05, 0) is 53.9 Å². The van der Waals surface area contributed by atoms with Crippen LogP contribution in [0.1, 0.15) is 48.5 Å². The van der Waals surface area contributed by atoms with Crippen LogP contribution in [-0.2, 0) is 10.2 Å². The van der Waals surface area contributed by atoms with Gasteiger partial charge in [-0.15, -0.1) is 0 Å². The third kappa shape index (κ3) is 3.59. The molecule has 18 heavy (non-hydrogen) atoms. The van der Waals surface area contributed by atoms with Crippen molar-refractivity contribution in [1.29, 1.82) is 0 Å². The lowest BCUT2D eigenvalue weighted by Crippen LogP contribution is -2.49. The van der Waals surface area contributed by atoms with Gasteiger partial charge in [-0.2, -0.15) is 5.10 Å². The van der Waals surface area contributed by atoms with E-state index >= 15 is 0 Å². The molecule has 4 nitrogen and oxygen atoms in total. The molecule has 0 saturated carbocycles. The van der Waals surface area contributed by atoms with Crippen LogP contribution in [0, 0.1) is 0 Å². The molecule has 0 aliphatic rings. The smallest absolute Gasteiger partial charge is 0.334 e. The van der Waals surface area contributed by atoms with E-state index in [9.17, 15) is 5.11 Å². The summed E-state index contributed by atoms with van der Waals surface area (Å²) in [4.78, 5) is 0. The maximum Gasteiger partial charge on any atom is 0.334 e. The molecule has 0 amide bonds. The zero-order chi connectivity index (χ0) is 14.2. The van der Waals surface area contributed by atoms with Crippen molar-refractivity contribution in [2.75, 3.05) is 0 Å². The summed E-state index contributed by atoms with van der Waals surface area (Å²) in [7, 11) is 1.65. The van der Waals surface area contributed by atoms with Gasteiger partial charge in [0.1, 0.15) is 0 Å². The first-order chi connectivity index (χ1) is 7.93. The predicted octanol–water partition coefficient (Wildman–Crippen LogP) is 1.45. The molecular weight excluding hydrogens is 227 g/mol. The molecule has 1 N–H and O–H groups in total. The molecule has 1 aromatic rings. The van der Waals surface area contributed by atoms with Gasteiger partial charge in [0.15, 0.2) is 0 Å². The number of aromatic nitrogens is 2. The van der Waals surface area contributed by atoms with Crippen LogP contribution in [0.2, 0.25) is 0 Å². The molecular formula is C13H24BN2O2. The molecule has 1 aromatic heterocycles. The molecule has 0 aliphatic carbocycles. The maximum absolute atomic E-state index is 9.99. The standard InChI is InChI=1S/C13H24BN2O2/c1-11(2,3)16-9-10(8-15-16)14-18-13(6,7)12(4,5)17/h8-9,17H,1-7H3. The van der Waals surface area contributed by atoms with Crippen LogP contribution in [0.25, 0.3) is 0 Å². The Bertz CT molecular complexity index is 400. The molecule has 0 fully saturated rings. The Morgan fingerprint density at radius 3 is 2.11 bits per heavy atom. The number of nitrogens with zero attached hydrogens (tertiary/aromatic N) is 2. The van der Waals surface area contributed by atoms with Gasteiger partial charge in [0.05, 0.1) is 16.7 Å². The lowest BCUT2D eigenvalue weighted by atomic mass is 9.84. The Labute approximate surface area is 111 Å². The third-order valence-electron chi connectivity index (χ3n) is 3.25. The number of aliphatic hydroxyl groups is 1. The van der Waals surface area contributed by atoms with E-state index in [1.54, 1.807) is 27.5 Å². The highest BCUT2D eigenvalue weighted by molar-refractivity contribution is 6.46. The van der Waals surface area contributed by atoms with E-state index < -0.39 is 11.2 Å². The summed E-state index contributed by atoms with van der Waals surface area (Å²) < 4.78 is 7.57. The van der Waals surface area contributed by atoms with Crippen LogP contribution in [0.3, 0.4) is 0 Å². The van der Waals surface area contributed by atoms with Crippen molar-refractivity contribution in [1.82, 2.24) is 9.78 Å². The molecule has 0 spiro atoms. The molecule has 0 unspecified atom stereocenters. The van der Waals surface area contributed by atoms with E-state index in [-0.39, 0.29) is 5.54 Å². The van der Waals surface area contributed by atoms with Crippen LogP contribution in [0.5, 0.6) is 0 Å². The van der Waals surface area contributed by atoms with Gasteiger partial charge in [0.25, 0.3) is 0 Å². The Morgan fingerprint density at radius 1 is 1.17 bits per heavy atom. The second-order valence-corrected chi connectivity index (χ2v) is 6.69. The van der Waals surface area contributed by atoms with Crippen molar-refractivity contribution >= 4 is 12.9 Å². The monoisotopic (exact) mass is 251 g/mol. The third-order valence-corrected chi connectivity index (χ3v) is 3.25. The molecule has 101 valence electrons. The largest absolute Gasteiger partial charge is 0.427 e. The minimum Gasteiger partial charge on any atom is -0.427 e. The molecule has 0 aliphatic heterocycles. The van der Waals surface area contributed by atoms with Crippen LogP contribution in [0.4, 0.5) is 0 Å². The topological polar surface area (TPSA) is 47.3 Å². The van der Waals surface area contributed by atoms with Crippen molar-refractivity contribution in [3.8, 4) is 0 Å². The summed E-state index contributed by atoms with van der Waals surface area (Å²) in [5, 5.41) is 14.3. The van der Waals surface area contributed by atoms with Gasteiger partial charge in [-0.1, -0.05) is 0 Å². The van der Waals surface area contributed by atoms with Crippen molar-refractivity contribution < 1.29 is 9.76 Å². The lowest BCUT2D eigenvalue weighted by molar-refractivity contribution is -0.0893. The Balaban J connectivity index is 2.68. The first-order valence-corrected chi connectivity index (χ1v) is 6.22. The van der Waals surface area contributed by atoms with Crippen molar-refractivity contribution in [2.45, 2.75) is 65.2 Å². The Morgan fingerprint density at radius 2 is 1.72 bits per heavy atom. The zero-order valence-corrected chi connectivity index (χ0v) is 12.5. The quantitative estimate of drug-likeness (QED) is 0.824. The Hall–Kier alpha value is -0.805. The van der Waals surface area contributed by atoms with Gasteiger partial charge in [-0.3, -0.25) is 4.68 Å². The molecule has 1 radical (unpaired) electrons. The van der Waals surface area contributed by atoms with Gasteiger partial charge in [-0.25, -0.2) is 0 Å². The molecule has 5 heteroatoms. The van der Waals surface area contributed by atoms with Crippen LogP contribution in [0.15, 0.2) is 12.4 Å². The first-order valence-electron chi connectivity index (χ1n) is 6.22. The van der Waals surface area contributed by atoms with Crippen molar-refractivity contribution in [2.24, 2.45) is 0 Å². The van der Waals surface area contributed by atoms with Gasteiger partial charge in [0, 0.05) is 12.4 Å². The molecule has 0 bridgehead atoms. The van der Waals surface area contributed by atoms with E-state index in [0.29, 0.717) is 0 Å². The highest BCUT2D eigenvalue weighted by atomic mass is 16.5. The molecule has 1 heterocycles. The normalized spacial score (nSPS) is 13.8. The van der Waals surface area contributed by atoms with Gasteiger partial charge < -0.3 is 9.76 Å².